The Balaban J connectivity index is 0.00000200. The maximum absolute atomic E-state index is 4.78. The van der Waals surface area contributed by atoms with Crippen LogP contribution in [-0.2, 0) is 13.8 Å². The monoisotopic (exact) mass is 410 g/mol. The molecule has 0 saturated heterocycles. The van der Waals surface area contributed by atoms with Crippen molar-refractivity contribution >= 4 is 31.4 Å². The molecule has 0 aromatic carbocycles. The first-order valence-electron chi connectivity index (χ1n) is 7.46. The molecule has 0 saturated carbocycles. The summed E-state index contributed by atoms with van der Waals surface area (Å²) in [5.41, 5.74) is 0. The molecule has 0 radical (unpaired) electrons. The Morgan fingerprint density at radius 1 is 1.05 bits per heavy atom. The average Bonchev–Trinajstić information content (AvgIpc) is 2.92. The molecule has 0 aliphatic heterocycles. The van der Waals surface area contributed by atoms with Crippen LogP contribution in [0.2, 0.25) is 23.2 Å². The molecular formula is C17H32Cl2NZr. The number of hydrogen-bond acceptors (Lipinski definition) is 0. The normalized spacial score (nSPS) is 21.6. The number of aromatic nitrogens is 1. The third kappa shape index (κ3) is 2.09. The zero-order valence-electron chi connectivity index (χ0n) is 14.5. The predicted molar refractivity (Wildman–Crippen MR) is 102 cm³/mol. The Bertz CT molecular complexity index is 758. The maximum Gasteiger partial charge on any atom is -0.147 e. The van der Waals surface area contributed by atoms with Crippen molar-refractivity contribution in [1.29, 1.82) is 0 Å². The molecule has 0 fully saturated rings. The van der Waals surface area contributed by atoms with Crippen molar-refractivity contribution in [3.8, 4) is 0 Å². The van der Waals surface area contributed by atoms with Crippen molar-refractivity contribution in [2.75, 3.05) is 0 Å². The number of aromatic amines is 1. The molecule has 0 amide bonds. The van der Waals surface area contributed by atoms with Gasteiger partial charge in [-0.3, -0.25) is 0 Å². The number of rotatable bonds is 2. The van der Waals surface area contributed by atoms with Gasteiger partial charge in [0.15, 0.2) is 0 Å². The molecule has 0 unspecified atom stereocenters. The van der Waals surface area contributed by atoms with Crippen molar-refractivity contribution in [1.82, 2.24) is 4.98 Å². The first-order chi connectivity index (χ1) is 8.17. The fourth-order valence-corrected chi connectivity index (χ4v) is 18.4. The van der Waals surface area contributed by atoms with Crippen LogP contribution in [0.5, 0.6) is 0 Å². The third-order valence-corrected chi connectivity index (χ3v) is 41.8. The third-order valence-electron chi connectivity index (χ3n) is 7.91. The van der Waals surface area contributed by atoms with Crippen LogP contribution in [0.3, 0.4) is 0 Å². The standard InChI is InChI=1S/C5H5.C4H4N.C3H6.5CH3.2ClH.Zr/c2*1-2-4-5-3-1;1-3-2;;;;;;;;/h1-3H,4H2;1-3,5H;1-2H3;5*1H3;2*1H;. The molecule has 0 spiro atoms. The molecule has 2 rings (SSSR count). The van der Waals surface area contributed by atoms with E-state index in [0.717, 1.165) is 6.42 Å². The van der Waals surface area contributed by atoms with Gasteiger partial charge >= 0.3 is 109 Å². The summed E-state index contributed by atoms with van der Waals surface area (Å²) in [7, 11) is 0. The predicted octanol–water partition coefficient (Wildman–Crippen LogP) is 6.08. The van der Waals surface area contributed by atoms with Gasteiger partial charge in [0.2, 0.25) is 0 Å². The van der Waals surface area contributed by atoms with E-state index in [1.54, 1.807) is 6.49 Å². The molecule has 1 aromatic heterocycles. The van der Waals surface area contributed by atoms with Crippen molar-refractivity contribution in [2.24, 2.45) is 0 Å². The number of allylic oxidation sites excluding steroid dienone is 4. The Kier molecular flexibility index (Phi) is 3.62. The fraction of sp³-hybridized carbons (Fsp3) is 0.471. The smallest absolute Gasteiger partial charge is 0.147 e. The average molecular weight is 413 g/mol. The Hall–Kier alpha value is 0.0931. The Morgan fingerprint density at radius 2 is 1.62 bits per heavy atom. The van der Waals surface area contributed by atoms with Gasteiger partial charge in [-0.2, -0.15) is 0 Å². The number of hydrogen-bond donors (Lipinski definition) is 1. The summed E-state index contributed by atoms with van der Waals surface area (Å²) in [4.78, 5) is 3.59. The van der Waals surface area contributed by atoms with E-state index < -0.39 is 13.8 Å². The first kappa shape index (κ1) is 21.1. The summed E-state index contributed by atoms with van der Waals surface area (Å²) < 4.78 is 17.3. The minimum absolute atomic E-state index is 0. The first-order valence-corrected chi connectivity index (χ1v) is 23.4. The van der Waals surface area contributed by atoms with E-state index in [2.05, 4.69) is 78.5 Å². The minimum atomic E-state index is -4.78. The van der Waals surface area contributed by atoms with Gasteiger partial charge in [-0.15, -0.1) is 24.8 Å². The van der Waals surface area contributed by atoms with E-state index in [-0.39, 0.29) is 24.8 Å². The molecule has 0 atom stereocenters. The quantitative estimate of drug-likeness (QED) is 0.606. The largest absolute Gasteiger partial charge is 0.147 e. The zero-order chi connectivity index (χ0) is 14.7. The second-order valence-corrected chi connectivity index (χ2v) is 62.8. The topological polar surface area (TPSA) is 15.8 Å². The van der Waals surface area contributed by atoms with Crippen LogP contribution in [0, 0.1) is 0 Å². The van der Waals surface area contributed by atoms with E-state index in [1.165, 1.54) is 3.40 Å². The van der Waals surface area contributed by atoms with Gasteiger partial charge in [-0.05, 0) is 0 Å². The molecule has 1 aliphatic carbocycles. The van der Waals surface area contributed by atoms with Crippen LogP contribution in [-0.4, -0.2) is 8.19 Å². The van der Waals surface area contributed by atoms with Crippen molar-refractivity contribution in [2.45, 2.75) is 43.4 Å². The van der Waals surface area contributed by atoms with E-state index in [4.69, 9.17) is 0 Å². The molecule has 1 N–H and O–H groups in total. The van der Waals surface area contributed by atoms with E-state index in [1.807, 2.05) is 0 Å². The summed E-state index contributed by atoms with van der Waals surface area (Å²) in [6, 6.07) is 4.42. The molecule has 1 nitrogen and oxygen atoms in total. The van der Waals surface area contributed by atoms with Gasteiger partial charge < -0.3 is 0 Å². The summed E-state index contributed by atoms with van der Waals surface area (Å²) >= 11 is -4.78. The number of H-pyrrole nitrogens is 1. The van der Waals surface area contributed by atoms with Gasteiger partial charge in [-0.25, -0.2) is 0 Å². The van der Waals surface area contributed by atoms with Gasteiger partial charge in [0.1, 0.15) is 0 Å². The van der Waals surface area contributed by atoms with Gasteiger partial charge in [0.25, 0.3) is 0 Å². The maximum atomic E-state index is 3.59. The van der Waals surface area contributed by atoms with Crippen molar-refractivity contribution < 1.29 is 13.8 Å². The van der Waals surface area contributed by atoms with Crippen LogP contribution >= 0.6 is 24.8 Å². The Labute approximate surface area is 132 Å². The summed E-state index contributed by atoms with van der Waals surface area (Å²) in [5.74, 6) is 0. The molecule has 1 aromatic rings. The van der Waals surface area contributed by atoms with E-state index in [9.17, 15) is 0 Å². The SMILES string of the molecule is C[C](C)=[Zr]([CH3])([CH3])([CH3])([CH3])([CH3])([C]1=CC=CC1)[c]1ccc[nH]1.Cl.Cl. The number of halogens is 2. The Morgan fingerprint density at radius 3 is 1.95 bits per heavy atom. The van der Waals surface area contributed by atoms with Crippen molar-refractivity contribution in [3.63, 3.8) is 0 Å². The van der Waals surface area contributed by atoms with Gasteiger partial charge in [0.05, 0.1) is 0 Å². The molecule has 4 heteroatoms. The molecule has 1 heterocycles. The second-order valence-electron chi connectivity index (χ2n) is 12.5. The minimum Gasteiger partial charge on any atom is -0.147 e. The zero-order valence-corrected chi connectivity index (χ0v) is 18.6. The molecular weight excluding hydrogens is 380 g/mol. The van der Waals surface area contributed by atoms with E-state index >= 15 is 0 Å². The fourth-order valence-electron chi connectivity index (χ4n) is 3.59. The molecule has 21 heavy (non-hydrogen) atoms. The van der Waals surface area contributed by atoms with Crippen LogP contribution < -0.4 is 3.40 Å². The van der Waals surface area contributed by atoms with E-state index in [0.29, 0.717) is 0 Å². The summed E-state index contributed by atoms with van der Waals surface area (Å²) in [5, 5.41) is 0. The van der Waals surface area contributed by atoms with Crippen LogP contribution in [0.1, 0.15) is 20.3 Å². The number of nitrogens with one attached hydrogen (secondary N) is 1. The van der Waals surface area contributed by atoms with Gasteiger partial charge in [0, 0.05) is 0 Å². The molecule has 1 aliphatic rings. The van der Waals surface area contributed by atoms with Crippen LogP contribution in [0.4, 0.5) is 0 Å². The molecule has 0 bridgehead atoms. The van der Waals surface area contributed by atoms with Gasteiger partial charge in [-0.1, -0.05) is 0 Å². The van der Waals surface area contributed by atoms with Crippen molar-refractivity contribution in [3.05, 3.63) is 39.8 Å². The summed E-state index contributed by atoms with van der Waals surface area (Å²) in [6.45, 7) is 4.65. The van der Waals surface area contributed by atoms with Crippen LogP contribution in [0.15, 0.2) is 39.8 Å². The van der Waals surface area contributed by atoms with Crippen LogP contribution in [0.25, 0.3) is 0 Å². The molecule has 123 valence electrons. The summed E-state index contributed by atoms with van der Waals surface area (Å²) in [6.07, 6.45) is 9.99. The second kappa shape index (κ2) is 3.60.